The first-order chi connectivity index (χ1) is 5.24. The third-order valence-electron chi connectivity index (χ3n) is 2.59. The highest BCUT2D eigenvalue weighted by atomic mass is 28.1. The SMILES string of the molecule is OC1CCC(CC[SiH3])CC1O. The van der Waals surface area contributed by atoms with E-state index in [1.54, 1.807) is 0 Å². The summed E-state index contributed by atoms with van der Waals surface area (Å²) in [6, 6.07) is 1.33. The summed E-state index contributed by atoms with van der Waals surface area (Å²) in [5.41, 5.74) is 0. The molecule has 2 nitrogen and oxygen atoms in total. The Morgan fingerprint density at radius 3 is 2.45 bits per heavy atom. The molecular formula is C8H18O2Si. The minimum Gasteiger partial charge on any atom is -0.390 e. The van der Waals surface area contributed by atoms with Gasteiger partial charge in [-0.25, -0.2) is 0 Å². The molecular weight excluding hydrogens is 156 g/mol. The molecule has 0 heterocycles. The molecule has 1 rings (SSSR count). The Morgan fingerprint density at radius 1 is 1.18 bits per heavy atom. The van der Waals surface area contributed by atoms with Gasteiger partial charge in [0.15, 0.2) is 0 Å². The molecule has 0 amide bonds. The fourth-order valence-corrected chi connectivity index (χ4v) is 2.70. The van der Waals surface area contributed by atoms with Crippen LogP contribution in [0.25, 0.3) is 0 Å². The smallest absolute Gasteiger partial charge is 0.0801 e. The van der Waals surface area contributed by atoms with Crippen LogP contribution in [-0.2, 0) is 0 Å². The lowest BCUT2D eigenvalue weighted by atomic mass is 9.84. The molecule has 1 aliphatic carbocycles. The van der Waals surface area contributed by atoms with Crippen molar-refractivity contribution in [2.45, 2.75) is 43.9 Å². The van der Waals surface area contributed by atoms with Crippen LogP contribution in [0.5, 0.6) is 0 Å². The van der Waals surface area contributed by atoms with E-state index in [1.807, 2.05) is 0 Å². The first-order valence-corrected chi connectivity index (χ1v) is 6.01. The second kappa shape index (κ2) is 4.23. The predicted octanol–water partition coefficient (Wildman–Crippen LogP) is -0.318. The third kappa shape index (κ3) is 2.58. The van der Waals surface area contributed by atoms with Gasteiger partial charge < -0.3 is 10.2 Å². The first kappa shape index (κ1) is 9.23. The summed E-state index contributed by atoms with van der Waals surface area (Å²) < 4.78 is 0. The molecule has 1 aliphatic rings. The molecule has 0 spiro atoms. The Kier molecular flexibility index (Phi) is 3.55. The van der Waals surface area contributed by atoms with E-state index >= 15 is 0 Å². The minimum atomic E-state index is -0.444. The Morgan fingerprint density at radius 2 is 1.91 bits per heavy atom. The van der Waals surface area contributed by atoms with E-state index in [-0.39, 0.29) is 0 Å². The zero-order valence-corrected chi connectivity index (χ0v) is 9.16. The number of aliphatic hydroxyl groups is 2. The second-order valence-corrected chi connectivity index (χ2v) is 4.60. The largest absolute Gasteiger partial charge is 0.390 e. The molecule has 0 aromatic heterocycles. The maximum Gasteiger partial charge on any atom is 0.0801 e. The summed E-state index contributed by atoms with van der Waals surface area (Å²) in [5, 5.41) is 18.6. The van der Waals surface area contributed by atoms with Gasteiger partial charge in [0.25, 0.3) is 0 Å². The third-order valence-corrected chi connectivity index (χ3v) is 3.16. The Hall–Kier alpha value is 0.137. The van der Waals surface area contributed by atoms with Crippen molar-refractivity contribution >= 4 is 10.2 Å². The van der Waals surface area contributed by atoms with Gasteiger partial charge in [-0.15, -0.1) is 0 Å². The molecule has 0 radical (unpaired) electrons. The molecule has 1 saturated carbocycles. The lowest BCUT2D eigenvalue weighted by molar-refractivity contribution is -0.0257. The summed E-state index contributed by atoms with van der Waals surface area (Å²) >= 11 is 0. The van der Waals surface area contributed by atoms with Crippen LogP contribution in [0.4, 0.5) is 0 Å². The predicted molar refractivity (Wildman–Crippen MR) is 48.7 cm³/mol. The Labute approximate surface area is 71.0 Å². The lowest BCUT2D eigenvalue weighted by Crippen LogP contribution is -2.33. The van der Waals surface area contributed by atoms with Crippen LogP contribution in [-0.4, -0.2) is 32.7 Å². The normalized spacial score (nSPS) is 39.3. The van der Waals surface area contributed by atoms with Gasteiger partial charge in [0.2, 0.25) is 0 Å². The molecule has 2 N–H and O–H groups in total. The van der Waals surface area contributed by atoms with Crippen molar-refractivity contribution in [3.63, 3.8) is 0 Å². The van der Waals surface area contributed by atoms with Crippen molar-refractivity contribution in [2.24, 2.45) is 5.92 Å². The molecule has 66 valence electrons. The van der Waals surface area contributed by atoms with Crippen molar-refractivity contribution in [3.05, 3.63) is 0 Å². The first-order valence-electron chi connectivity index (χ1n) is 4.60. The van der Waals surface area contributed by atoms with E-state index in [4.69, 9.17) is 0 Å². The van der Waals surface area contributed by atoms with Crippen molar-refractivity contribution in [1.29, 1.82) is 0 Å². The van der Waals surface area contributed by atoms with E-state index < -0.39 is 12.2 Å². The van der Waals surface area contributed by atoms with Gasteiger partial charge in [-0.3, -0.25) is 0 Å². The van der Waals surface area contributed by atoms with E-state index in [2.05, 4.69) is 0 Å². The zero-order valence-electron chi connectivity index (χ0n) is 7.16. The van der Waals surface area contributed by atoms with E-state index in [0.717, 1.165) is 19.3 Å². The maximum absolute atomic E-state index is 9.34. The van der Waals surface area contributed by atoms with Gasteiger partial charge in [-0.2, -0.15) is 0 Å². The molecule has 0 aromatic carbocycles. The highest BCUT2D eigenvalue weighted by Gasteiger charge is 2.26. The number of hydrogen-bond acceptors (Lipinski definition) is 2. The molecule has 3 unspecified atom stereocenters. The summed E-state index contributed by atoms with van der Waals surface area (Å²) in [7, 11) is 1.27. The number of rotatable bonds is 2. The molecule has 3 heteroatoms. The molecule has 0 bridgehead atoms. The standard InChI is InChI=1S/C8H18O2Si/c9-7-2-1-6(3-4-11)5-8(7)10/h6-10H,1-5H2,11H3. The monoisotopic (exact) mass is 174 g/mol. The van der Waals surface area contributed by atoms with Crippen LogP contribution < -0.4 is 0 Å². The summed E-state index contributed by atoms with van der Waals surface area (Å²) in [4.78, 5) is 0. The maximum atomic E-state index is 9.34. The highest BCUT2D eigenvalue weighted by Crippen LogP contribution is 2.27. The molecule has 3 atom stereocenters. The lowest BCUT2D eigenvalue weighted by Gasteiger charge is -2.29. The quantitative estimate of drug-likeness (QED) is 0.563. The summed E-state index contributed by atoms with van der Waals surface area (Å²) in [6.07, 6.45) is 3.11. The van der Waals surface area contributed by atoms with Crippen LogP contribution >= 0.6 is 0 Å². The van der Waals surface area contributed by atoms with Crippen molar-refractivity contribution in [2.75, 3.05) is 0 Å². The van der Waals surface area contributed by atoms with Gasteiger partial charge in [0.05, 0.1) is 12.2 Å². The summed E-state index contributed by atoms with van der Waals surface area (Å²) in [5.74, 6) is 0.686. The second-order valence-electron chi connectivity index (χ2n) is 3.60. The summed E-state index contributed by atoms with van der Waals surface area (Å²) in [6.45, 7) is 0. The van der Waals surface area contributed by atoms with Crippen LogP contribution in [0.3, 0.4) is 0 Å². The average Bonchev–Trinajstić information content (AvgIpc) is 1.98. The van der Waals surface area contributed by atoms with Gasteiger partial charge in [-0.05, 0) is 25.2 Å². The Balaban J connectivity index is 2.28. The van der Waals surface area contributed by atoms with E-state index in [1.165, 1.54) is 22.7 Å². The topological polar surface area (TPSA) is 40.5 Å². The van der Waals surface area contributed by atoms with Crippen molar-refractivity contribution in [1.82, 2.24) is 0 Å². The van der Waals surface area contributed by atoms with Gasteiger partial charge >= 0.3 is 0 Å². The molecule has 0 saturated heterocycles. The fraction of sp³-hybridized carbons (Fsp3) is 1.00. The zero-order chi connectivity index (χ0) is 8.27. The van der Waals surface area contributed by atoms with Crippen LogP contribution in [0.15, 0.2) is 0 Å². The van der Waals surface area contributed by atoms with Crippen LogP contribution in [0.1, 0.15) is 25.7 Å². The fourth-order valence-electron chi connectivity index (χ4n) is 1.89. The van der Waals surface area contributed by atoms with Gasteiger partial charge in [-0.1, -0.05) is 12.5 Å². The van der Waals surface area contributed by atoms with Crippen molar-refractivity contribution in [3.8, 4) is 0 Å². The molecule has 11 heavy (non-hydrogen) atoms. The molecule has 0 aliphatic heterocycles. The molecule has 0 aromatic rings. The minimum absolute atomic E-state index is 0.443. The number of aliphatic hydroxyl groups excluding tert-OH is 2. The number of hydrogen-bond donors (Lipinski definition) is 2. The Bertz CT molecular complexity index is 119. The van der Waals surface area contributed by atoms with E-state index in [9.17, 15) is 10.2 Å². The molecule has 1 fully saturated rings. The van der Waals surface area contributed by atoms with Crippen molar-refractivity contribution < 1.29 is 10.2 Å². The van der Waals surface area contributed by atoms with Gasteiger partial charge in [0, 0.05) is 10.2 Å². The average molecular weight is 174 g/mol. The van der Waals surface area contributed by atoms with Crippen LogP contribution in [0, 0.1) is 5.92 Å². The van der Waals surface area contributed by atoms with Crippen LogP contribution in [0.2, 0.25) is 6.04 Å². The highest BCUT2D eigenvalue weighted by molar-refractivity contribution is 6.08. The van der Waals surface area contributed by atoms with E-state index in [0.29, 0.717) is 5.92 Å². The van der Waals surface area contributed by atoms with Gasteiger partial charge in [0.1, 0.15) is 0 Å².